The summed E-state index contributed by atoms with van der Waals surface area (Å²) < 4.78 is 0. The van der Waals surface area contributed by atoms with Gasteiger partial charge in [-0.2, -0.15) is 0 Å². The number of fused-ring (bicyclic) bond motifs is 3. The van der Waals surface area contributed by atoms with Crippen LogP contribution in [-0.4, -0.2) is 25.9 Å². The first-order valence-electron chi connectivity index (χ1n) is 10.3. The minimum atomic E-state index is -1.79. The zero-order valence-corrected chi connectivity index (χ0v) is 19.4. The van der Waals surface area contributed by atoms with Gasteiger partial charge in [-0.05, 0) is 27.3 Å². The van der Waals surface area contributed by atoms with Gasteiger partial charge >= 0.3 is 0 Å². The zero-order valence-electron chi connectivity index (χ0n) is 18.4. The van der Waals surface area contributed by atoms with Crippen molar-refractivity contribution in [3.63, 3.8) is 0 Å². The quantitative estimate of drug-likeness (QED) is 0.577. The Bertz CT molecular complexity index is 995. The minimum Gasteiger partial charge on any atom is -0.368 e. The lowest BCUT2D eigenvalue weighted by atomic mass is 9.95. The molecule has 3 rings (SSSR count). The summed E-state index contributed by atoms with van der Waals surface area (Å²) in [5.74, 6) is 1.91. The summed E-state index contributed by atoms with van der Waals surface area (Å²) in [6.45, 7) is 11.0. The molecule has 3 N–H and O–H groups in total. The number of nitrogens with two attached hydrogens (primary N) is 1. The fourth-order valence-electron chi connectivity index (χ4n) is 3.48. The number of carbonyl (C=O) groups is 2. The Hall–Kier alpha value is -2.84. The number of hydrogen-bond donors (Lipinski definition) is 2. The molecule has 0 radical (unpaired) electrons. The Kier molecular flexibility index (Phi) is 5.91. The van der Waals surface area contributed by atoms with E-state index < -0.39 is 25.9 Å². The Morgan fingerprint density at radius 1 is 1.03 bits per heavy atom. The van der Waals surface area contributed by atoms with Crippen LogP contribution in [0.5, 0.6) is 0 Å². The van der Waals surface area contributed by atoms with Crippen LogP contribution in [0.25, 0.3) is 11.1 Å². The highest BCUT2D eigenvalue weighted by Crippen LogP contribution is 2.44. The summed E-state index contributed by atoms with van der Waals surface area (Å²) in [5.41, 5.74) is 13.0. The molecule has 4 nitrogen and oxygen atoms in total. The molecule has 1 atom stereocenters. The van der Waals surface area contributed by atoms with Crippen LogP contribution < -0.4 is 11.1 Å². The summed E-state index contributed by atoms with van der Waals surface area (Å²) in [6, 6.07) is 15.0. The molecule has 0 fully saturated rings. The topological polar surface area (TPSA) is 72.2 Å². The maximum Gasteiger partial charge on any atom is 0.240 e. The maximum atomic E-state index is 13.2. The molecule has 2 amide bonds. The van der Waals surface area contributed by atoms with Gasteiger partial charge in [0, 0.05) is 6.42 Å². The van der Waals surface area contributed by atoms with E-state index in [1.807, 2.05) is 48.5 Å². The highest BCUT2D eigenvalue weighted by Gasteiger charge is 2.35. The van der Waals surface area contributed by atoms with Gasteiger partial charge in [-0.25, -0.2) is 0 Å². The Labute approximate surface area is 180 Å². The van der Waals surface area contributed by atoms with Gasteiger partial charge in [-0.3, -0.25) is 9.59 Å². The monoisotopic (exact) mass is 418 g/mol. The van der Waals surface area contributed by atoms with E-state index in [4.69, 9.17) is 5.73 Å². The molecule has 1 aliphatic rings. The smallest absolute Gasteiger partial charge is 0.240 e. The maximum absolute atomic E-state index is 13.2. The molecule has 0 bridgehead atoms. The van der Waals surface area contributed by atoms with Crippen molar-refractivity contribution in [3.05, 3.63) is 59.7 Å². The predicted molar refractivity (Wildman–Crippen MR) is 124 cm³/mol. The molecule has 0 saturated carbocycles. The largest absolute Gasteiger partial charge is 0.368 e. The number of amides is 2. The second-order valence-electron chi connectivity index (χ2n) is 9.45. The van der Waals surface area contributed by atoms with Crippen LogP contribution in [0.3, 0.4) is 0 Å². The van der Waals surface area contributed by atoms with Gasteiger partial charge in [-0.15, -0.1) is 11.5 Å². The van der Waals surface area contributed by atoms with E-state index in [1.54, 1.807) is 0 Å². The van der Waals surface area contributed by atoms with Gasteiger partial charge in [0.15, 0.2) is 0 Å². The third-order valence-corrected chi connectivity index (χ3v) is 10.9. The molecule has 1 aliphatic carbocycles. The van der Waals surface area contributed by atoms with Crippen LogP contribution in [-0.2, 0) is 9.59 Å². The first-order chi connectivity index (χ1) is 14.0. The van der Waals surface area contributed by atoms with Crippen molar-refractivity contribution >= 4 is 19.9 Å². The fourth-order valence-corrected chi connectivity index (χ4v) is 4.40. The average Bonchev–Trinajstić information content (AvgIpc) is 3.00. The van der Waals surface area contributed by atoms with Crippen molar-refractivity contribution in [2.75, 3.05) is 0 Å². The molecule has 0 aromatic heterocycles. The number of rotatable bonds is 4. The van der Waals surface area contributed by atoms with E-state index in [-0.39, 0.29) is 17.4 Å². The van der Waals surface area contributed by atoms with E-state index in [0.717, 1.165) is 22.3 Å². The molecular weight excluding hydrogens is 388 g/mol. The van der Waals surface area contributed by atoms with Gasteiger partial charge in [-0.1, -0.05) is 82.4 Å². The molecule has 2 aromatic carbocycles. The summed E-state index contributed by atoms with van der Waals surface area (Å²) in [6.07, 6.45) is 0.226. The van der Waals surface area contributed by atoms with E-state index in [0.29, 0.717) is 0 Å². The van der Waals surface area contributed by atoms with Crippen molar-refractivity contribution in [1.82, 2.24) is 5.32 Å². The highest BCUT2D eigenvalue weighted by molar-refractivity contribution is 6.87. The van der Waals surface area contributed by atoms with Gasteiger partial charge in [0.1, 0.15) is 14.1 Å². The highest BCUT2D eigenvalue weighted by atomic mass is 28.3. The van der Waals surface area contributed by atoms with Gasteiger partial charge in [0.05, 0.1) is 5.92 Å². The predicted octanol–water partition coefficient (Wildman–Crippen LogP) is 4.21. The number of nitrogens with one attached hydrogen (secondary N) is 1. The average molecular weight is 419 g/mol. The molecule has 2 aromatic rings. The lowest BCUT2D eigenvalue weighted by Crippen LogP contribution is -2.46. The molecule has 0 spiro atoms. The minimum absolute atomic E-state index is 0.128. The number of hydrogen-bond acceptors (Lipinski definition) is 2. The first kappa shape index (κ1) is 21.9. The van der Waals surface area contributed by atoms with Crippen molar-refractivity contribution < 1.29 is 9.59 Å². The second-order valence-corrected chi connectivity index (χ2v) is 14.5. The van der Waals surface area contributed by atoms with Crippen molar-refractivity contribution in [1.29, 1.82) is 0 Å². The molecule has 0 unspecified atom stereocenters. The molecule has 0 aliphatic heterocycles. The van der Waals surface area contributed by atoms with Crippen LogP contribution in [0.2, 0.25) is 18.1 Å². The Morgan fingerprint density at radius 3 is 2.00 bits per heavy atom. The van der Waals surface area contributed by atoms with Crippen LogP contribution in [0.4, 0.5) is 0 Å². The lowest BCUT2D eigenvalue weighted by Gasteiger charge is -2.31. The molecule has 30 heavy (non-hydrogen) atoms. The van der Waals surface area contributed by atoms with Crippen LogP contribution in [0.15, 0.2) is 48.5 Å². The van der Waals surface area contributed by atoms with Gasteiger partial charge in [0.25, 0.3) is 0 Å². The van der Waals surface area contributed by atoms with Crippen molar-refractivity contribution in [2.45, 2.75) is 57.3 Å². The second kappa shape index (κ2) is 8.12. The van der Waals surface area contributed by atoms with Crippen LogP contribution in [0, 0.1) is 11.5 Å². The standard InChI is InChI=1S/C25H30N2O2Si/c1-25(2,3)30(4,5)16-10-15-21(23(26)28)27-24(29)22-19-13-8-6-11-17(19)18-12-7-9-14-20(18)22/h6-9,11-14,21-22H,15H2,1-5H3,(H2,26,28)(H,27,29)/t21-/m1/s1. The normalized spacial score (nSPS) is 14.2. The molecule has 0 heterocycles. The summed E-state index contributed by atoms with van der Waals surface area (Å²) in [7, 11) is -1.79. The van der Waals surface area contributed by atoms with Crippen LogP contribution >= 0.6 is 0 Å². The van der Waals surface area contributed by atoms with E-state index in [1.165, 1.54) is 0 Å². The third-order valence-electron chi connectivity index (χ3n) is 6.34. The Morgan fingerprint density at radius 2 is 1.53 bits per heavy atom. The Balaban J connectivity index is 1.83. The van der Waals surface area contributed by atoms with Crippen LogP contribution in [0.1, 0.15) is 44.2 Å². The van der Waals surface area contributed by atoms with E-state index in [9.17, 15) is 9.59 Å². The molecule has 0 saturated heterocycles. The van der Waals surface area contributed by atoms with Crippen molar-refractivity contribution in [3.8, 4) is 22.6 Å². The first-order valence-corrected chi connectivity index (χ1v) is 13.3. The molecule has 5 heteroatoms. The number of carbonyl (C=O) groups excluding carboxylic acids is 2. The lowest BCUT2D eigenvalue weighted by molar-refractivity contribution is -0.127. The summed E-state index contributed by atoms with van der Waals surface area (Å²) in [4.78, 5) is 25.3. The van der Waals surface area contributed by atoms with Gasteiger partial charge in [0.2, 0.25) is 11.8 Å². The van der Waals surface area contributed by atoms with Crippen molar-refractivity contribution in [2.24, 2.45) is 5.73 Å². The molecular formula is C25H30N2O2Si. The summed E-state index contributed by atoms with van der Waals surface area (Å²) >= 11 is 0. The number of primary amides is 1. The van der Waals surface area contributed by atoms with E-state index >= 15 is 0 Å². The van der Waals surface area contributed by atoms with Gasteiger partial charge < -0.3 is 11.1 Å². The SMILES string of the molecule is CC(C)(C)[Si](C)(C)C#CC[C@@H](NC(=O)C1c2ccccc2-c2ccccc21)C(N)=O. The molecule has 156 valence electrons. The number of benzene rings is 2. The fraction of sp³-hybridized carbons (Fsp3) is 0.360. The third kappa shape index (κ3) is 4.19. The zero-order chi connectivity index (χ0) is 22.1. The van der Waals surface area contributed by atoms with E-state index in [2.05, 4.69) is 50.6 Å². The summed E-state index contributed by atoms with van der Waals surface area (Å²) in [5, 5.41) is 2.99.